The van der Waals surface area contributed by atoms with Gasteiger partial charge in [0.25, 0.3) is 0 Å². The number of rotatable bonds is 9. The lowest BCUT2D eigenvalue weighted by molar-refractivity contribution is -0.119. The molecule has 0 radical (unpaired) electrons. The van der Waals surface area contributed by atoms with Gasteiger partial charge in [0.2, 0.25) is 5.91 Å². The Labute approximate surface area is 225 Å². The lowest BCUT2D eigenvalue weighted by Gasteiger charge is -2.35. The number of amidine groups is 1. The highest BCUT2D eigenvalue weighted by Gasteiger charge is 2.31. The van der Waals surface area contributed by atoms with Gasteiger partial charge in [0.1, 0.15) is 23.9 Å². The standard InChI is InChI=1S/C30H40N4O4/c1-7-9-33-10-11-38-28-23(30(3,4)5)13-19(14-24(28)33)25(35)18-34-17-21-15-26(37-8-2)20(16-27(36)32-6)12-22(21)29(34)31/h12-15,31H,7-11,16-18H2,1-6H3,(H,32,36). The summed E-state index contributed by atoms with van der Waals surface area (Å²) in [5.74, 6) is 1.66. The molecule has 1 amide bonds. The van der Waals surface area contributed by atoms with E-state index in [-0.39, 0.29) is 30.1 Å². The number of hydrogen-bond donors (Lipinski definition) is 2. The van der Waals surface area contributed by atoms with Gasteiger partial charge in [0.15, 0.2) is 5.78 Å². The van der Waals surface area contributed by atoms with Crippen molar-refractivity contribution in [2.24, 2.45) is 0 Å². The van der Waals surface area contributed by atoms with Crippen molar-refractivity contribution in [2.45, 2.75) is 59.4 Å². The molecule has 0 aliphatic carbocycles. The molecule has 0 atom stereocenters. The van der Waals surface area contributed by atoms with E-state index in [1.807, 2.05) is 31.2 Å². The van der Waals surface area contributed by atoms with Crippen molar-refractivity contribution in [3.05, 3.63) is 52.1 Å². The minimum atomic E-state index is -0.191. The van der Waals surface area contributed by atoms with Crippen LogP contribution in [0.3, 0.4) is 0 Å². The maximum Gasteiger partial charge on any atom is 0.224 e. The molecule has 204 valence electrons. The molecule has 0 fully saturated rings. The van der Waals surface area contributed by atoms with Crippen LogP contribution in [0.5, 0.6) is 11.5 Å². The summed E-state index contributed by atoms with van der Waals surface area (Å²) in [4.78, 5) is 29.8. The molecule has 2 aliphatic rings. The number of carbonyl (C=O) groups excluding carboxylic acids is 2. The summed E-state index contributed by atoms with van der Waals surface area (Å²) in [7, 11) is 1.60. The Bertz CT molecular complexity index is 1250. The van der Waals surface area contributed by atoms with E-state index in [4.69, 9.17) is 14.9 Å². The van der Waals surface area contributed by atoms with E-state index in [2.05, 4.69) is 37.9 Å². The van der Waals surface area contributed by atoms with Gasteiger partial charge in [0.05, 0.1) is 31.8 Å². The molecule has 0 aromatic heterocycles. The van der Waals surface area contributed by atoms with Gasteiger partial charge in [-0.05, 0) is 48.6 Å². The Morgan fingerprint density at radius 3 is 2.55 bits per heavy atom. The summed E-state index contributed by atoms with van der Waals surface area (Å²) in [6, 6.07) is 7.70. The summed E-state index contributed by atoms with van der Waals surface area (Å²) >= 11 is 0. The highest BCUT2D eigenvalue weighted by molar-refractivity contribution is 6.06. The maximum absolute atomic E-state index is 13.7. The number of benzene rings is 2. The average molecular weight is 521 g/mol. The molecule has 2 aliphatic heterocycles. The molecule has 8 heteroatoms. The van der Waals surface area contributed by atoms with Gasteiger partial charge in [-0.25, -0.2) is 0 Å². The number of likely N-dealkylation sites (N-methyl/N-ethyl adjacent to an activating group) is 1. The van der Waals surface area contributed by atoms with Crippen LogP contribution in [0.15, 0.2) is 24.3 Å². The van der Waals surface area contributed by atoms with E-state index in [1.165, 1.54) is 0 Å². The summed E-state index contributed by atoms with van der Waals surface area (Å²) in [5.41, 5.74) is 4.86. The predicted octanol–water partition coefficient (Wildman–Crippen LogP) is 4.30. The third kappa shape index (κ3) is 5.49. The second-order valence-corrected chi connectivity index (χ2v) is 11.0. The number of hydrogen-bond acceptors (Lipinski definition) is 6. The molecule has 2 aromatic rings. The summed E-state index contributed by atoms with van der Waals surface area (Å²) in [5, 5.41) is 11.5. The van der Waals surface area contributed by atoms with Gasteiger partial charge in [-0.2, -0.15) is 0 Å². The van der Waals surface area contributed by atoms with E-state index in [0.717, 1.165) is 53.2 Å². The number of amides is 1. The normalized spacial score (nSPS) is 14.6. The Balaban J connectivity index is 1.63. The molecular formula is C30H40N4O4. The van der Waals surface area contributed by atoms with Gasteiger partial charge in [-0.15, -0.1) is 0 Å². The van der Waals surface area contributed by atoms with E-state index >= 15 is 0 Å². The van der Waals surface area contributed by atoms with Crippen molar-refractivity contribution in [3.8, 4) is 11.5 Å². The fourth-order valence-corrected chi connectivity index (χ4v) is 5.16. The van der Waals surface area contributed by atoms with Gasteiger partial charge in [-0.1, -0.05) is 27.7 Å². The zero-order chi connectivity index (χ0) is 27.6. The van der Waals surface area contributed by atoms with Gasteiger partial charge >= 0.3 is 0 Å². The number of ether oxygens (including phenoxy) is 2. The number of nitrogens with zero attached hydrogens (tertiary/aromatic N) is 2. The fourth-order valence-electron chi connectivity index (χ4n) is 5.16. The highest BCUT2D eigenvalue weighted by Crippen LogP contribution is 2.42. The number of carbonyl (C=O) groups is 2. The van der Waals surface area contributed by atoms with Gasteiger partial charge in [0, 0.05) is 42.4 Å². The third-order valence-electron chi connectivity index (χ3n) is 7.12. The Hall–Kier alpha value is -3.55. The Morgan fingerprint density at radius 2 is 1.89 bits per heavy atom. The van der Waals surface area contributed by atoms with E-state index in [9.17, 15) is 9.59 Å². The first kappa shape index (κ1) is 27.5. The molecule has 2 aromatic carbocycles. The first-order valence-corrected chi connectivity index (χ1v) is 13.5. The van der Waals surface area contributed by atoms with Crippen LogP contribution in [0.25, 0.3) is 0 Å². The topological polar surface area (TPSA) is 95.0 Å². The van der Waals surface area contributed by atoms with Crippen LogP contribution >= 0.6 is 0 Å². The van der Waals surface area contributed by atoms with E-state index < -0.39 is 0 Å². The van der Waals surface area contributed by atoms with Crippen molar-refractivity contribution in [2.75, 3.05) is 44.8 Å². The number of anilines is 1. The van der Waals surface area contributed by atoms with Crippen molar-refractivity contribution in [3.63, 3.8) is 0 Å². The number of nitrogens with one attached hydrogen (secondary N) is 2. The summed E-state index contributed by atoms with van der Waals surface area (Å²) in [6.45, 7) is 13.8. The molecule has 0 bridgehead atoms. The number of Topliss-reactive ketones (excluding diaryl/α,β-unsaturated/α-hetero) is 1. The zero-order valence-corrected chi connectivity index (χ0v) is 23.5. The zero-order valence-electron chi connectivity index (χ0n) is 23.5. The molecular weight excluding hydrogens is 480 g/mol. The third-order valence-corrected chi connectivity index (χ3v) is 7.12. The second kappa shape index (κ2) is 11.1. The summed E-state index contributed by atoms with van der Waals surface area (Å²) in [6.07, 6.45) is 1.18. The number of ketones is 1. The molecule has 38 heavy (non-hydrogen) atoms. The summed E-state index contributed by atoms with van der Waals surface area (Å²) < 4.78 is 11.9. The molecule has 2 heterocycles. The van der Waals surface area contributed by atoms with Crippen molar-refractivity contribution in [1.29, 1.82) is 5.41 Å². The second-order valence-electron chi connectivity index (χ2n) is 11.0. The lowest BCUT2D eigenvalue weighted by Crippen LogP contribution is -2.35. The minimum Gasteiger partial charge on any atom is -0.494 e. The molecule has 0 saturated heterocycles. The Kier molecular flexibility index (Phi) is 7.99. The SMILES string of the molecule is CCCN1CCOc2c1cc(C(=O)CN1Cc3cc(OCC)c(CC(=O)NC)cc3C1=N)cc2C(C)(C)C. The van der Waals surface area contributed by atoms with Crippen LogP contribution in [0.4, 0.5) is 5.69 Å². The molecule has 2 N–H and O–H groups in total. The largest absolute Gasteiger partial charge is 0.494 e. The van der Waals surface area contributed by atoms with E-state index in [1.54, 1.807) is 11.9 Å². The van der Waals surface area contributed by atoms with E-state index in [0.29, 0.717) is 36.9 Å². The van der Waals surface area contributed by atoms with Crippen LogP contribution in [0.1, 0.15) is 73.7 Å². The first-order chi connectivity index (χ1) is 18.1. The number of fused-ring (bicyclic) bond motifs is 2. The van der Waals surface area contributed by atoms with Crippen molar-refractivity contribution < 1.29 is 19.1 Å². The van der Waals surface area contributed by atoms with Crippen LogP contribution in [0, 0.1) is 5.41 Å². The first-order valence-electron chi connectivity index (χ1n) is 13.5. The van der Waals surface area contributed by atoms with Crippen LogP contribution in [-0.4, -0.2) is 62.3 Å². The molecule has 4 rings (SSSR count). The average Bonchev–Trinajstić information content (AvgIpc) is 3.17. The molecule has 8 nitrogen and oxygen atoms in total. The molecule has 0 unspecified atom stereocenters. The van der Waals surface area contributed by atoms with Gasteiger partial charge < -0.3 is 24.6 Å². The van der Waals surface area contributed by atoms with Crippen LogP contribution < -0.4 is 19.7 Å². The maximum atomic E-state index is 13.7. The molecule has 0 saturated carbocycles. The monoisotopic (exact) mass is 520 g/mol. The smallest absolute Gasteiger partial charge is 0.224 e. The van der Waals surface area contributed by atoms with Crippen LogP contribution in [0.2, 0.25) is 0 Å². The van der Waals surface area contributed by atoms with Gasteiger partial charge in [-0.3, -0.25) is 15.0 Å². The minimum absolute atomic E-state index is 0.0338. The van der Waals surface area contributed by atoms with Crippen LogP contribution in [-0.2, 0) is 23.2 Å². The fraction of sp³-hybridized carbons (Fsp3) is 0.500. The molecule has 0 spiro atoms. The lowest BCUT2D eigenvalue weighted by atomic mass is 9.84. The highest BCUT2D eigenvalue weighted by atomic mass is 16.5. The Morgan fingerprint density at radius 1 is 1.13 bits per heavy atom. The predicted molar refractivity (Wildman–Crippen MR) is 150 cm³/mol. The van der Waals surface area contributed by atoms with Crippen molar-refractivity contribution >= 4 is 23.2 Å². The quantitative estimate of drug-likeness (QED) is 0.479. The van der Waals surface area contributed by atoms with Crippen molar-refractivity contribution in [1.82, 2.24) is 10.2 Å².